The zero-order valence-electron chi connectivity index (χ0n) is 16.0. The highest BCUT2D eigenvalue weighted by atomic mass is 15.3. The molecule has 8 nitrogen and oxygen atoms in total. The lowest BCUT2D eigenvalue weighted by molar-refractivity contribution is 0.622. The fourth-order valence-corrected chi connectivity index (χ4v) is 3.84. The molecule has 1 aromatic carbocycles. The highest BCUT2D eigenvalue weighted by molar-refractivity contribution is 5.70. The molecule has 5 rings (SSSR count). The second-order valence-electron chi connectivity index (χ2n) is 7.12. The fourth-order valence-electron chi connectivity index (χ4n) is 3.84. The van der Waals surface area contributed by atoms with Crippen molar-refractivity contribution in [3.05, 3.63) is 78.4 Å². The predicted molar refractivity (Wildman–Crippen MR) is 111 cm³/mol. The normalized spacial score (nSPS) is 13.4. The number of rotatable bonds is 5. The monoisotopic (exact) mass is 386 g/mol. The maximum Gasteiger partial charge on any atom is 0.181 e. The highest BCUT2D eigenvalue weighted by Crippen LogP contribution is 2.29. The van der Waals surface area contributed by atoms with E-state index in [1.165, 1.54) is 17.6 Å². The Morgan fingerprint density at radius 1 is 1.00 bits per heavy atom. The Hall–Kier alpha value is -3.68. The van der Waals surface area contributed by atoms with Gasteiger partial charge in [0, 0.05) is 37.6 Å². The van der Waals surface area contributed by atoms with Crippen LogP contribution in [0.15, 0.2) is 61.4 Å². The van der Waals surface area contributed by atoms with Gasteiger partial charge in [-0.25, -0.2) is 19.6 Å². The third-order valence-electron chi connectivity index (χ3n) is 5.34. The number of aromatic nitrogens is 6. The Labute approximate surface area is 168 Å². The number of hydrogen-bond acceptors (Lipinski definition) is 6. The second-order valence-corrected chi connectivity index (χ2v) is 7.12. The summed E-state index contributed by atoms with van der Waals surface area (Å²) in [5, 5.41) is 4.23. The van der Waals surface area contributed by atoms with E-state index in [0.29, 0.717) is 18.1 Å². The molecule has 0 bridgehead atoms. The SMILES string of the molecule is Nc1c(N2CCc3c(ncn3CCc3ccccc3)C2)ncnc1-n1cccn1. The molecule has 4 heterocycles. The van der Waals surface area contributed by atoms with Crippen molar-refractivity contribution in [2.45, 2.75) is 25.9 Å². The molecule has 4 aromatic rings. The summed E-state index contributed by atoms with van der Waals surface area (Å²) >= 11 is 0. The number of nitrogens with two attached hydrogens (primary N) is 1. The van der Waals surface area contributed by atoms with Gasteiger partial charge in [-0.2, -0.15) is 5.10 Å². The van der Waals surface area contributed by atoms with E-state index in [1.807, 2.05) is 24.7 Å². The van der Waals surface area contributed by atoms with Crippen molar-refractivity contribution in [1.82, 2.24) is 29.3 Å². The summed E-state index contributed by atoms with van der Waals surface area (Å²) in [6, 6.07) is 12.4. The first kappa shape index (κ1) is 17.4. The third kappa shape index (κ3) is 3.33. The smallest absolute Gasteiger partial charge is 0.181 e. The van der Waals surface area contributed by atoms with Crippen LogP contribution in [0.2, 0.25) is 0 Å². The van der Waals surface area contributed by atoms with Gasteiger partial charge >= 0.3 is 0 Å². The number of aryl methyl sites for hydroxylation is 2. The van der Waals surface area contributed by atoms with Crippen LogP contribution in [-0.4, -0.2) is 35.8 Å². The minimum absolute atomic E-state index is 0.531. The van der Waals surface area contributed by atoms with Crippen molar-refractivity contribution < 1.29 is 0 Å². The van der Waals surface area contributed by atoms with E-state index in [2.05, 4.69) is 53.8 Å². The van der Waals surface area contributed by atoms with Crippen LogP contribution in [0, 0.1) is 0 Å². The molecular weight excluding hydrogens is 364 g/mol. The summed E-state index contributed by atoms with van der Waals surface area (Å²) in [5.41, 5.74) is 10.6. The van der Waals surface area contributed by atoms with Crippen LogP contribution >= 0.6 is 0 Å². The van der Waals surface area contributed by atoms with E-state index in [0.717, 1.165) is 37.4 Å². The molecule has 1 aliphatic heterocycles. The zero-order valence-corrected chi connectivity index (χ0v) is 16.0. The zero-order chi connectivity index (χ0) is 19.6. The number of nitrogen functional groups attached to an aromatic ring is 1. The number of hydrogen-bond donors (Lipinski definition) is 1. The Bertz CT molecular complexity index is 1100. The molecule has 0 atom stereocenters. The van der Waals surface area contributed by atoms with Gasteiger partial charge in [0.1, 0.15) is 12.0 Å². The number of fused-ring (bicyclic) bond motifs is 1. The molecule has 2 N–H and O–H groups in total. The molecule has 0 radical (unpaired) electrons. The maximum atomic E-state index is 6.39. The van der Waals surface area contributed by atoms with Crippen LogP contribution < -0.4 is 10.6 Å². The van der Waals surface area contributed by atoms with E-state index < -0.39 is 0 Å². The molecule has 146 valence electrons. The Morgan fingerprint density at radius 3 is 2.69 bits per heavy atom. The van der Waals surface area contributed by atoms with Crippen LogP contribution in [0.4, 0.5) is 11.5 Å². The van der Waals surface area contributed by atoms with Crippen molar-refractivity contribution in [3.8, 4) is 5.82 Å². The Kier molecular flexibility index (Phi) is 4.44. The summed E-state index contributed by atoms with van der Waals surface area (Å²) in [5.74, 6) is 1.33. The molecule has 0 aliphatic carbocycles. The summed E-state index contributed by atoms with van der Waals surface area (Å²) in [7, 11) is 0. The van der Waals surface area contributed by atoms with Gasteiger partial charge in [-0.1, -0.05) is 30.3 Å². The van der Waals surface area contributed by atoms with Crippen LogP contribution in [0.5, 0.6) is 0 Å². The molecule has 0 spiro atoms. The average Bonchev–Trinajstić information content (AvgIpc) is 3.43. The highest BCUT2D eigenvalue weighted by Gasteiger charge is 2.24. The van der Waals surface area contributed by atoms with Gasteiger partial charge in [0.05, 0.1) is 18.6 Å². The lowest BCUT2D eigenvalue weighted by Crippen LogP contribution is -2.33. The molecule has 0 saturated carbocycles. The van der Waals surface area contributed by atoms with Gasteiger partial charge in [-0.05, 0) is 18.1 Å². The summed E-state index contributed by atoms with van der Waals surface area (Å²) in [6.07, 6.45) is 8.93. The van der Waals surface area contributed by atoms with Crippen LogP contribution in [0.3, 0.4) is 0 Å². The van der Waals surface area contributed by atoms with E-state index in [-0.39, 0.29) is 0 Å². The molecule has 0 fully saturated rings. The third-order valence-corrected chi connectivity index (χ3v) is 5.34. The molecule has 29 heavy (non-hydrogen) atoms. The van der Waals surface area contributed by atoms with Crippen molar-refractivity contribution in [1.29, 1.82) is 0 Å². The summed E-state index contributed by atoms with van der Waals surface area (Å²) in [6.45, 7) is 2.46. The van der Waals surface area contributed by atoms with E-state index in [1.54, 1.807) is 10.9 Å². The first-order valence-corrected chi connectivity index (χ1v) is 9.72. The minimum Gasteiger partial charge on any atom is -0.393 e. The lowest BCUT2D eigenvalue weighted by Gasteiger charge is -2.29. The fraction of sp³-hybridized carbons (Fsp3) is 0.238. The minimum atomic E-state index is 0.531. The van der Waals surface area contributed by atoms with E-state index >= 15 is 0 Å². The van der Waals surface area contributed by atoms with E-state index in [4.69, 9.17) is 5.73 Å². The molecule has 0 amide bonds. The Balaban J connectivity index is 1.35. The molecular formula is C21H22N8. The first-order chi connectivity index (χ1) is 14.3. The van der Waals surface area contributed by atoms with Crippen molar-refractivity contribution in [3.63, 3.8) is 0 Å². The topological polar surface area (TPSA) is 90.7 Å². The first-order valence-electron chi connectivity index (χ1n) is 9.72. The van der Waals surface area contributed by atoms with Gasteiger partial charge in [0.2, 0.25) is 0 Å². The lowest BCUT2D eigenvalue weighted by atomic mass is 10.1. The van der Waals surface area contributed by atoms with Crippen molar-refractivity contribution in [2.75, 3.05) is 17.2 Å². The maximum absolute atomic E-state index is 6.39. The molecule has 8 heteroatoms. The number of benzene rings is 1. The van der Waals surface area contributed by atoms with Crippen LogP contribution in [0.25, 0.3) is 5.82 Å². The van der Waals surface area contributed by atoms with Gasteiger partial charge in [-0.3, -0.25) is 0 Å². The summed E-state index contributed by atoms with van der Waals surface area (Å²) < 4.78 is 3.94. The van der Waals surface area contributed by atoms with Gasteiger partial charge < -0.3 is 15.2 Å². The predicted octanol–water partition coefficient (Wildman–Crippen LogP) is 2.25. The number of anilines is 2. The standard InChI is InChI=1S/C21H22N8/c22-19-20(23-14-24-21(19)29-10-4-9-26-29)27-12-8-18-17(13-27)25-15-28(18)11-7-16-5-2-1-3-6-16/h1-6,9-10,14-15H,7-8,11-13,22H2. The van der Waals surface area contributed by atoms with Crippen LogP contribution in [-0.2, 0) is 25.9 Å². The average molecular weight is 386 g/mol. The van der Waals surface area contributed by atoms with Gasteiger partial charge in [0.15, 0.2) is 11.6 Å². The Morgan fingerprint density at radius 2 is 1.86 bits per heavy atom. The summed E-state index contributed by atoms with van der Waals surface area (Å²) in [4.78, 5) is 15.6. The van der Waals surface area contributed by atoms with Crippen LogP contribution in [0.1, 0.15) is 17.0 Å². The van der Waals surface area contributed by atoms with Gasteiger partial charge in [0.25, 0.3) is 0 Å². The largest absolute Gasteiger partial charge is 0.393 e. The second kappa shape index (κ2) is 7.38. The number of nitrogens with zero attached hydrogens (tertiary/aromatic N) is 7. The number of imidazole rings is 1. The van der Waals surface area contributed by atoms with E-state index in [9.17, 15) is 0 Å². The van der Waals surface area contributed by atoms with Crippen molar-refractivity contribution in [2.24, 2.45) is 0 Å². The molecule has 0 unspecified atom stereocenters. The van der Waals surface area contributed by atoms with Crippen molar-refractivity contribution >= 4 is 11.5 Å². The van der Waals surface area contributed by atoms with Gasteiger partial charge in [-0.15, -0.1) is 0 Å². The quantitative estimate of drug-likeness (QED) is 0.566. The molecule has 1 aliphatic rings. The molecule has 3 aromatic heterocycles. The molecule has 0 saturated heterocycles.